The van der Waals surface area contributed by atoms with Crippen LogP contribution in [-0.2, 0) is 0 Å². The maximum atomic E-state index is 11.0. The first kappa shape index (κ1) is 13.0. The summed E-state index contributed by atoms with van der Waals surface area (Å²) in [4.78, 5) is 22.1. The predicted octanol–water partition coefficient (Wildman–Crippen LogP) is 3.76. The topological polar surface area (TPSA) is 74.6 Å². The Kier molecular flexibility index (Phi) is 3.41. The summed E-state index contributed by atoms with van der Waals surface area (Å²) >= 11 is 6.63. The van der Waals surface area contributed by atoms with Gasteiger partial charge in [-0.1, -0.05) is 0 Å². The molecular weight excluding hydrogens is 368 g/mol. The molecule has 0 amide bonds. The van der Waals surface area contributed by atoms with Gasteiger partial charge in [-0.15, -0.1) is 0 Å². The van der Waals surface area contributed by atoms with Crippen molar-refractivity contribution in [3.05, 3.63) is 44.3 Å². The molecule has 0 aliphatic heterocycles. The standard InChI is InChI=1S/C12H6Br2O4/c13-9-3-5-1-7(11(15)16)8(12(17)18)2-6(5)4-10(9)14/h1-4H,(H,15,16)(H,17,18). The number of carboxylic acids is 2. The molecule has 4 nitrogen and oxygen atoms in total. The molecule has 18 heavy (non-hydrogen) atoms. The van der Waals surface area contributed by atoms with Crippen LogP contribution >= 0.6 is 31.9 Å². The van der Waals surface area contributed by atoms with Crippen LogP contribution in [0.4, 0.5) is 0 Å². The summed E-state index contributed by atoms with van der Waals surface area (Å²) in [5, 5.41) is 19.3. The van der Waals surface area contributed by atoms with Crippen LogP contribution < -0.4 is 0 Å². The van der Waals surface area contributed by atoms with Crippen molar-refractivity contribution in [2.24, 2.45) is 0 Å². The van der Waals surface area contributed by atoms with Gasteiger partial charge in [-0.2, -0.15) is 0 Å². The van der Waals surface area contributed by atoms with Crippen LogP contribution in [0.15, 0.2) is 33.2 Å². The molecule has 0 saturated carbocycles. The number of hydrogen-bond donors (Lipinski definition) is 2. The van der Waals surface area contributed by atoms with Gasteiger partial charge in [-0.25, -0.2) is 9.59 Å². The lowest BCUT2D eigenvalue weighted by Crippen LogP contribution is -2.07. The van der Waals surface area contributed by atoms with E-state index in [0.29, 0.717) is 10.8 Å². The number of benzene rings is 2. The van der Waals surface area contributed by atoms with E-state index in [2.05, 4.69) is 31.9 Å². The first-order valence-corrected chi connectivity index (χ1v) is 6.38. The van der Waals surface area contributed by atoms with Crippen molar-refractivity contribution in [2.45, 2.75) is 0 Å². The normalized spacial score (nSPS) is 10.6. The maximum absolute atomic E-state index is 11.0. The fraction of sp³-hybridized carbons (Fsp3) is 0. The lowest BCUT2D eigenvalue weighted by Gasteiger charge is -2.06. The number of carbonyl (C=O) groups is 2. The van der Waals surface area contributed by atoms with Crippen molar-refractivity contribution < 1.29 is 19.8 Å². The van der Waals surface area contributed by atoms with Crippen molar-refractivity contribution >= 4 is 54.6 Å². The van der Waals surface area contributed by atoms with Crippen LogP contribution in [0.3, 0.4) is 0 Å². The zero-order valence-corrected chi connectivity index (χ0v) is 11.9. The van der Waals surface area contributed by atoms with Crippen molar-refractivity contribution in [2.75, 3.05) is 0 Å². The van der Waals surface area contributed by atoms with Crippen LogP contribution in [0, 0.1) is 0 Å². The number of carboxylic acid groups (broad SMARTS) is 2. The van der Waals surface area contributed by atoms with Gasteiger partial charge < -0.3 is 10.2 Å². The van der Waals surface area contributed by atoms with E-state index in [0.717, 1.165) is 8.95 Å². The van der Waals surface area contributed by atoms with Crippen molar-refractivity contribution in [1.82, 2.24) is 0 Å². The molecule has 0 bridgehead atoms. The molecule has 0 aliphatic carbocycles. The number of rotatable bonds is 2. The van der Waals surface area contributed by atoms with E-state index in [1.54, 1.807) is 12.1 Å². The Hall–Kier alpha value is -1.40. The fourth-order valence-electron chi connectivity index (χ4n) is 1.65. The first-order valence-electron chi connectivity index (χ1n) is 4.79. The Balaban J connectivity index is 2.84. The minimum atomic E-state index is -1.26. The number of fused-ring (bicyclic) bond motifs is 1. The van der Waals surface area contributed by atoms with Crippen LogP contribution in [0.25, 0.3) is 10.8 Å². The third-order valence-electron chi connectivity index (χ3n) is 2.48. The Labute approximate surface area is 118 Å². The molecule has 0 atom stereocenters. The van der Waals surface area contributed by atoms with E-state index < -0.39 is 11.9 Å². The number of hydrogen-bond acceptors (Lipinski definition) is 2. The molecule has 0 aromatic heterocycles. The molecule has 0 saturated heterocycles. The Morgan fingerprint density at radius 2 is 1.11 bits per heavy atom. The largest absolute Gasteiger partial charge is 0.478 e. The maximum Gasteiger partial charge on any atom is 0.336 e. The zero-order chi connectivity index (χ0) is 13.4. The van der Waals surface area contributed by atoms with E-state index in [9.17, 15) is 9.59 Å². The summed E-state index contributed by atoms with van der Waals surface area (Å²) in [7, 11) is 0. The van der Waals surface area contributed by atoms with Gasteiger partial charge in [0.25, 0.3) is 0 Å². The molecule has 2 N–H and O–H groups in total. The average Bonchev–Trinajstić information content (AvgIpc) is 2.28. The van der Waals surface area contributed by atoms with Crippen LogP contribution in [0.2, 0.25) is 0 Å². The summed E-state index contributed by atoms with van der Waals surface area (Å²) in [5.41, 5.74) is -0.437. The molecule has 0 unspecified atom stereocenters. The summed E-state index contributed by atoms with van der Waals surface area (Å²) in [5.74, 6) is -2.51. The minimum absolute atomic E-state index is 0.218. The van der Waals surface area contributed by atoms with Gasteiger partial charge in [0.05, 0.1) is 11.1 Å². The zero-order valence-electron chi connectivity index (χ0n) is 8.78. The molecule has 0 fully saturated rings. The van der Waals surface area contributed by atoms with Crippen molar-refractivity contribution in [1.29, 1.82) is 0 Å². The third-order valence-corrected chi connectivity index (χ3v) is 4.32. The van der Waals surface area contributed by atoms with Gasteiger partial charge in [0.15, 0.2) is 0 Å². The highest BCUT2D eigenvalue weighted by Gasteiger charge is 2.17. The Bertz CT molecular complexity index is 621. The molecule has 2 aromatic rings. The second-order valence-electron chi connectivity index (χ2n) is 3.62. The van der Waals surface area contributed by atoms with E-state index in [-0.39, 0.29) is 11.1 Å². The second-order valence-corrected chi connectivity index (χ2v) is 5.33. The van der Waals surface area contributed by atoms with Gasteiger partial charge in [-0.3, -0.25) is 0 Å². The molecule has 0 spiro atoms. The first-order chi connectivity index (χ1) is 8.40. The van der Waals surface area contributed by atoms with E-state index in [1.165, 1.54) is 12.1 Å². The fourth-order valence-corrected chi connectivity index (χ4v) is 2.37. The monoisotopic (exact) mass is 372 g/mol. The summed E-state index contributed by atoms with van der Waals surface area (Å²) in [6.45, 7) is 0. The highest BCUT2D eigenvalue weighted by Crippen LogP contribution is 2.30. The molecular formula is C12H6Br2O4. The van der Waals surface area contributed by atoms with Gasteiger partial charge in [0, 0.05) is 8.95 Å². The molecule has 92 valence electrons. The van der Waals surface area contributed by atoms with Crippen LogP contribution in [0.5, 0.6) is 0 Å². The number of aromatic carboxylic acids is 2. The average molecular weight is 374 g/mol. The molecule has 2 rings (SSSR count). The van der Waals surface area contributed by atoms with E-state index in [1.807, 2.05) is 0 Å². The highest BCUT2D eigenvalue weighted by atomic mass is 79.9. The Morgan fingerprint density at radius 3 is 1.39 bits per heavy atom. The molecule has 2 aromatic carbocycles. The lowest BCUT2D eigenvalue weighted by atomic mass is 10.0. The van der Waals surface area contributed by atoms with Crippen molar-refractivity contribution in [3.8, 4) is 0 Å². The van der Waals surface area contributed by atoms with Crippen molar-refractivity contribution in [3.63, 3.8) is 0 Å². The van der Waals surface area contributed by atoms with E-state index in [4.69, 9.17) is 10.2 Å². The van der Waals surface area contributed by atoms with Gasteiger partial charge >= 0.3 is 11.9 Å². The summed E-state index contributed by atoms with van der Waals surface area (Å²) in [6, 6.07) is 6.19. The summed E-state index contributed by atoms with van der Waals surface area (Å²) in [6.07, 6.45) is 0. The Morgan fingerprint density at radius 1 is 0.778 bits per heavy atom. The van der Waals surface area contributed by atoms with Gasteiger partial charge in [0.1, 0.15) is 0 Å². The lowest BCUT2D eigenvalue weighted by molar-refractivity contribution is 0.0652. The molecule has 6 heteroatoms. The summed E-state index contributed by atoms with van der Waals surface area (Å²) < 4.78 is 1.55. The van der Waals surface area contributed by atoms with Gasteiger partial charge in [-0.05, 0) is 66.9 Å². The minimum Gasteiger partial charge on any atom is -0.478 e. The number of halogens is 2. The SMILES string of the molecule is O=C(O)c1cc2cc(Br)c(Br)cc2cc1C(=O)O. The molecule has 0 heterocycles. The second kappa shape index (κ2) is 4.70. The smallest absolute Gasteiger partial charge is 0.336 e. The van der Waals surface area contributed by atoms with E-state index >= 15 is 0 Å². The highest BCUT2D eigenvalue weighted by molar-refractivity contribution is 9.13. The third kappa shape index (κ3) is 2.26. The molecule has 0 radical (unpaired) electrons. The molecule has 0 aliphatic rings. The van der Waals surface area contributed by atoms with Crippen LogP contribution in [0.1, 0.15) is 20.7 Å². The predicted molar refractivity (Wildman–Crippen MR) is 73.3 cm³/mol. The quantitative estimate of drug-likeness (QED) is 0.840. The van der Waals surface area contributed by atoms with Crippen LogP contribution in [-0.4, -0.2) is 22.2 Å². The van der Waals surface area contributed by atoms with Gasteiger partial charge in [0.2, 0.25) is 0 Å².